The van der Waals surface area contributed by atoms with Gasteiger partial charge in [-0.3, -0.25) is 0 Å². The van der Waals surface area contributed by atoms with Crippen molar-refractivity contribution in [3.8, 4) is 0 Å². The van der Waals surface area contributed by atoms with Gasteiger partial charge in [0.05, 0.1) is 11.8 Å². The van der Waals surface area contributed by atoms with Gasteiger partial charge in [0.25, 0.3) is 0 Å². The first kappa shape index (κ1) is 17.2. The van der Waals surface area contributed by atoms with E-state index in [-0.39, 0.29) is 11.8 Å². The topological polar surface area (TPSA) is 50.3 Å². The minimum Gasteiger partial charge on any atom is -0.248 e. The van der Waals surface area contributed by atoms with Crippen LogP contribution in [0.5, 0.6) is 0 Å². The fourth-order valence-corrected chi connectivity index (χ4v) is 6.20. The molecule has 2 heterocycles. The Hall–Kier alpha value is -0.660. The second-order valence-corrected chi connectivity index (χ2v) is 9.11. The second kappa shape index (κ2) is 7.07. The molecular weight excluding hydrogens is 375 g/mol. The van der Waals surface area contributed by atoms with Gasteiger partial charge in [-0.2, -0.15) is 4.31 Å². The molecular formula is C15H16Cl2N2O2S2. The molecule has 0 radical (unpaired) electrons. The minimum atomic E-state index is -3.53. The highest BCUT2D eigenvalue weighted by Gasteiger charge is 2.35. The first-order valence-corrected chi connectivity index (χ1v) is 10.6. The Morgan fingerprint density at radius 1 is 1.26 bits per heavy atom. The van der Waals surface area contributed by atoms with E-state index < -0.39 is 10.0 Å². The summed E-state index contributed by atoms with van der Waals surface area (Å²) in [7, 11) is -3.53. The third kappa shape index (κ3) is 3.72. The third-order valence-corrected chi connectivity index (χ3v) is 7.33. The highest BCUT2D eigenvalue weighted by atomic mass is 35.5. The zero-order valence-electron chi connectivity index (χ0n) is 12.3. The number of piperidine rings is 1. The van der Waals surface area contributed by atoms with E-state index in [0.29, 0.717) is 22.2 Å². The summed E-state index contributed by atoms with van der Waals surface area (Å²) in [6.07, 6.45) is 4.37. The van der Waals surface area contributed by atoms with Gasteiger partial charge >= 0.3 is 0 Å². The highest BCUT2D eigenvalue weighted by Crippen LogP contribution is 2.36. The average Bonchev–Trinajstić information content (AvgIpc) is 3.05. The molecule has 0 aliphatic carbocycles. The zero-order chi connectivity index (χ0) is 16.4. The van der Waals surface area contributed by atoms with Crippen molar-refractivity contribution in [2.45, 2.75) is 31.1 Å². The number of sulfonamides is 1. The predicted molar refractivity (Wildman–Crippen MR) is 94.5 cm³/mol. The average molecular weight is 391 g/mol. The van der Waals surface area contributed by atoms with Crippen molar-refractivity contribution in [3.05, 3.63) is 50.4 Å². The zero-order valence-corrected chi connectivity index (χ0v) is 15.4. The van der Waals surface area contributed by atoms with Crippen LogP contribution in [0.3, 0.4) is 0 Å². The van der Waals surface area contributed by atoms with Gasteiger partial charge in [-0.1, -0.05) is 35.7 Å². The quantitative estimate of drug-likeness (QED) is 0.771. The Balaban J connectivity index is 1.91. The molecule has 1 atom stereocenters. The number of rotatable bonds is 4. The smallest absolute Gasteiger partial charge is 0.219 e. The molecule has 1 aliphatic heterocycles. The van der Waals surface area contributed by atoms with Crippen molar-refractivity contribution in [1.82, 2.24) is 9.29 Å². The lowest BCUT2D eigenvalue weighted by Gasteiger charge is -2.33. The molecule has 0 spiro atoms. The summed E-state index contributed by atoms with van der Waals surface area (Å²) in [5.41, 5.74) is 0.458. The summed E-state index contributed by atoms with van der Waals surface area (Å²) in [6, 6.07) is 4.84. The van der Waals surface area contributed by atoms with Crippen LogP contribution in [0.1, 0.15) is 35.9 Å². The van der Waals surface area contributed by atoms with E-state index in [1.807, 2.05) is 5.38 Å². The molecule has 0 amide bonds. The van der Waals surface area contributed by atoms with Gasteiger partial charge < -0.3 is 0 Å². The van der Waals surface area contributed by atoms with Crippen molar-refractivity contribution in [2.24, 2.45) is 0 Å². The van der Waals surface area contributed by atoms with Gasteiger partial charge in [0, 0.05) is 33.7 Å². The van der Waals surface area contributed by atoms with Crippen LogP contribution in [0.4, 0.5) is 0 Å². The lowest BCUT2D eigenvalue weighted by molar-refractivity contribution is 0.255. The van der Waals surface area contributed by atoms with Crippen LogP contribution in [-0.2, 0) is 15.8 Å². The summed E-state index contributed by atoms with van der Waals surface area (Å²) in [5, 5.41) is 3.48. The van der Waals surface area contributed by atoms with Gasteiger partial charge in [0.2, 0.25) is 10.0 Å². The Morgan fingerprint density at radius 3 is 2.65 bits per heavy atom. The Bertz CT molecular complexity index is 759. The fraction of sp³-hybridized carbons (Fsp3) is 0.400. The van der Waals surface area contributed by atoms with E-state index in [9.17, 15) is 8.42 Å². The standard InChI is InChI=1S/C15H16Cl2N2O2S2/c16-12-4-3-5-13(17)11(12)10-23(20,21)19-8-2-1-6-14(19)15-18-7-9-22-15/h3-5,7,9,14H,1-2,6,8,10H2. The SMILES string of the molecule is O=S(=O)(Cc1c(Cl)cccc1Cl)N1CCCCC1c1nccs1. The maximum absolute atomic E-state index is 13.0. The number of aromatic nitrogens is 1. The minimum absolute atomic E-state index is 0.185. The van der Waals surface area contributed by atoms with Gasteiger partial charge in [0.1, 0.15) is 5.01 Å². The molecule has 0 saturated carbocycles. The van der Waals surface area contributed by atoms with Crippen molar-refractivity contribution in [1.29, 1.82) is 0 Å². The molecule has 124 valence electrons. The van der Waals surface area contributed by atoms with Crippen LogP contribution < -0.4 is 0 Å². The number of thiazole rings is 1. The molecule has 1 fully saturated rings. The van der Waals surface area contributed by atoms with E-state index >= 15 is 0 Å². The van der Waals surface area contributed by atoms with E-state index in [1.165, 1.54) is 11.3 Å². The van der Waals surface area contributed by atoms with Crippen LogP contribution in [-0.4, -0.2) is 24.3 Å². The van der Waals surface area contributed by atoms with Crippen molar-refractivity contribution in [3.63, 3.8) is 0 Å². The molecule has 23 heavy (non-hydrogen) atoms. The largest absolute Gasteiger partial charge is 0.248 e. The maximum atomic E-state index is 13.0. The number of nitrogens with zero attached hydrogens (tertiary/aromatic N) is 2. The van der Waals surface area contributed by atoms with E-state index in [2.05, 4.69) is 4.98 Å². The summed E-state index contributed by atoms with van der Waals surface area (Å²) in [4.78, 5) is 4.31. The van der Waals surface area contributed by atoms with Crippen LogP contribution in [0.2, 0.25) is 10.0 Å². The summed E-state index contributed by atoms with van der Waals surface area (Å²) < 4.78 is 27.5. The molecule has 0 N–H and O–H groups in total. The van der Waals surface area contributed by atoms with Crippen LogP contribution >= 0.6 is 34.5 Å². The van der Waals surface area contributed by atoms with E-state index in [0.717, 1.165) is 24.3 Å². The summed E-state index contributed by atoms with van der Waals surface area (Å²) in [6.45, 7) is 0.509. The molecule has 4 nitrogen and oxygen atoms in total. The fourth-order valence-electron chi connectivity index (χ4n) is 2.82. The monoisotopic (exact) mass is 390 g/mol. The molecule has 1 aromatic carbocycles. The molecule has 1 saturated heterocycles. The van der Waals surface area contributed by atoms with Gasteiger partial charge in [-0.05, 0) is 25.0 Å². The molecule has 1 unspecified atom stereocenters. The first-order chi connectivity index (χ1) is 11.0. The lowest BCUT2D eigenvalue weighted by atomic mass is 10.1. The van der Waals surface area contributed by atoms with Crippen molar-refractivity contribution < 1.29 is 8.42 Å². The van der Waals surface area contributed by atoms with Crippen molar-refractivity contribution in [2.75, 3.05) is 6.54 Å². The van der Waals surface area contributed by atoms with Crippen LogP contribution in [0.25, 0.3) is 0 Å². The normalized spacial score (nSPS) is 19.8. The van der Waals surface area contributed by atoms with E-state index in [4.69, 9.17) is 23.2 Å². The Kier molecular flexibility index (Phi) is 5.28. The van der Waals surface area contributed by atoms with Crippen LogP contribution in [0, 0.1) is 0 Å². The predicted octanol–water partition coefficient (Wildman–Crippen LogP) is 4.51. The lowest BCUT2D eigenvalue weighted by Crippen LogP contribution is -2.39. The second-order valence-electron chi connectivity index (χ2n) is 5.45. The number of benzene rings is 1. The molecule has 0 bridgehead atoms. The molecule has 2 aromatic rings. The highest BCUT2D eigenvalue weighted by molar-refractivity contribution is 7.88. The van der Waals surface area contributed by atoms with Crippen molar-refractivity contribution >= 4 is 44.6 Å². The molecule has 8 heteroatoms. The Morgan fingerprint density at radius 2 is 2.00 bits per heavy atom. The summed E-state index contributed by atoms with van der Waals surface area (Å²) >= 11 is 13.8. The Labute approximate surface area is 150 Å². The molecule has 1 aliphatic rings. The third-order valence-electron chi connectivity index (χ3n) is 3.94. The number of hydrogen-bond donors (Lipinski definition) is 0. The molecule has 1 aromatic heterocycles. The summed E-state index contributed by atoms with van der Waals surface area (Å²) in [5.74, 6) is -0.187. The van der Waals surface area contributed by atoms with Gasteiger partial charge in [0.15, 0.2) is 0 Å². The van der Waals surface area contributed by atoms with Crippen LogP contribution in [0.15, 0.2) is 29.8 Å². The van der Waals surface area contributed by atoms with E-state index in [1.54, 1.807) is 28.7 Å². The van der Waals surface area contributed by atoms with Gasteiger partial charge in [-0.25, -0.2) is 13.4 Å². The number of halogens is 2. The van der Waals surface area contributed by atoms with Gasteiger partial charge in [-0.15, -0.1) is 11.3 Å². The first-order valence-electron chi connectivity index (χ1n) is 7.31. The molecule has 3 rings (SSSR count). The maximum Gasteiger partial charge on any atom is 0.219 e. The number of hydrogen-bond acceptors (Lipinski definition) is 4.